The number of thioether (sulfide) groups is 1. The Kier molecular flexibility index (Phi) is 18.9. The molecule has 0 saturated heterocycles. The first-order valence-corrected chi connectivity index (χ1v) is 30.9. The zero-order valence-electron chi connectivity index (χ0n) is 45.4. The monoisotopic (exact) mass is 1190 g/mol. The molecule has 1 saturated carbocycles. The Bertz CT molecular complexity index is 3630. The third kappa shape index (κ3) is 13.6. The molecule has 0 bridgehead atoms. The van der Waals surface area contributed by atoms with Gasteiger partial charge >= 0.3 is 0 Å². The van der Waals surface area contributed by atoms with Gasteiger partial charge in [-0.2, -0.15) is 51.1 Å². The number of methoxy groups -OCH3 is 2. The van der Waals surface area contributed by atoms with Crippen molar-refractivity contribution in [2.24, 2.45) is 20.5 Å². The second-order valence-corrected chi connectivity index (χ2v) is 23.8. The maximum absolute atomic E-state index is 12.2. The molecule has 81 heavy (non-hydrogen) atoms. The Hall–Kier alpha value is -7.70. The molecule has 3 aromatic heterocycles. The number of nitrogens with one attached hydrogen (secondary N) is 2. The molecule has 1 aliphatic rings. The minimum Gasteiger partial charge on any atom is -0.494 e. The van der Waals surface area contributed by atoms with Crippen molar-refractivity contribution in [3.63, 3.8) is 0 Å². The van der Waals surface area contributed by atoms with E-state index in [0.717, 1.165) is 66.5 Å². The number of rotatable bonds is 22. The summed E-state index contributed by atoms with van der Waals surface area (Å²) in [7, 11) is -6.05. The zero-order valence-corrected chi connectivity index (χ0v) is 49.5. The third-order valence-corrected chi connectivity index (χ3v) is 17.9. The molecule has 1 aliphatic carbocycles. The lowest BCUT2D eigenvalue weighted by atomic mass is 10.0. The van der Waals surface area contributed by atoms with Crippen molar-refractivity contribution in [2.75, 3.05) is 60.8 Å². The third-order valence-electron chi connectivity index (χ3n) is 13.3. The first-order valence-electron chi connectivity index (χ1n) is 25.6. The van der Waals surface area contributed by atoms with Crippen LogP contribution in [0.2, 0.25) is 0 Å². The Morgan fingerprint density at radius 2 is 1.06 bits per heavy atom. The highest BCUT2D eigenvalue weighted by atomic mass is 32.2. The van der Waals surface area contributed by atoms with Gasteiger partial charge in [0.05, 0.1) is 46.8 Å². The molecule has 0 amide bonds. The van der Waals surface area contributed by atoms with Gasteiger partial charge in [-0.25, -0.2) is 0 Å². The van der Waals surface area contributed by atoms with Crippen LogP contribution < -0.4 is 29.9 Å². The van der Waals surface area contributed by atoms with E-state index in [9.17, 15) is 36.5 Å². The van der Waals surface area contributed by atoms with Crippen molar-refractivity contribution in [2.45, 2.75) is 93.8 Å². The lowest BCUT2D eigenvalue weighted by Gasteiger charge is -2.25. The first kappa shape index (κ1) is 59.4. The summed E-state index contributed by atoms with van der Waals surface area (Å²) < 4.78 is 89.3. The first-order chi connectivity index (χ1) is 38.8. The number of azo groups is 2. The normalized spacial score (nSPS) is 13.1. The van der Waals surface area contributed by atoms with Crippen molar-refractivity contribution in [3.8, 4) is 46.2 Å². The molecule has 1 fully saturated rings. The summed E-state index contributed by atoms with van der Waals surface area (Å²) in [6.45, 7) is 13.7. The maximum Gasteiger partial charge on any atom is 0.294 e. The Labute approximate surface area is 482 Å². The van der Waals surface area contributed by atoms with Gasteiger partial charge in [0.25, 0.3) is 20.2 Å². The van der Waals surface area contributed by atoms with Crippen LogP contribution in [0.25, 0.3) is 22.5 Å². The van der Waals surface area contributed by atoms with Gasteiger partial charge in [-0.3, -0.25) is 9.11 Å². The maximum atomic E-state index is 12.2. The number of hydrogen-bond donors (Lipinski definition) is 4. The predicted octanol–water partition coefficient (Wildman–Crippen LogP) is 13.4. The molecular formula is C53H57N15O8S5. The summed E-state index contributed by atoms with van der Waals surface area (Å²) in [5, 5.41) is 46.9. The van der Waals surface area contributed by atoms with Gasteiger partial charge in [0.15, 0.2) is 15.2 Å². The van der Waals surface area contributed by atoms with Crippen molar-refractivity contribution in [1.82, 2.24) is 23.7 Å². The summed E-state index contributed by atoms with van der Waals surface area (Å²) in [6.07, 6.45) is 5.22. The molecule has 8 rings (SSSR count). The number of nitrogens with zero attached hydrogens (tertiary/aromatic N) is 13. The second kappa shape index (κ2) is 25.8. The number of ether oxygens (including phenoxy) is 2. The average Bonchev–Trinajstić information content (AvgIpc) is 4.11. The molecule has 0 unspecified atom stereocenters. The summed E-state index contributed by atoms with van der Waals surface area (Å²) in [5.41, 5.74) is 4.42. The summed E-state index contributed by atoms with van der Waals surface area (Å²) in [4.78, 5) is 18.4. The number of aryl methyl sites for hydroxylation is 2. The van der Waals surface area contributed by atoms with Crippen LogP contribution in [0.15, 0.2) is 96.1 Å². The molecule has 0 atom stereocenters. The van der Waals surface area contributed by atoms with Gasteiger partial charge in [-0.1, -0.05) is 55.3 Å². The fourth-order valence-electron chi connectivity index (χ4n) is 9.07. The molecule has 3 heterocycles. The second-order valence-electron chi connectivity index (χ2n) is 18.3. The molecule has 23 nitrogen and oxygen atoms in total. The van der Waals surface area contributed by atoms with Crippen LogP contribution in [0, 0.1) is 36.5 Å². The van der Waals surface area contributed by atoms with Gasteiger partial charge in [0.1, 0.15) is 57.5 Å². The SMILES string of the molecule is CCN(CC)c1cc(Nc2nc(Nc3cc(N(CC)CC)c(OC)cc3/N=N/c3snc(-c4ccc(C)c(S(=O)(=O)O)c4)c3C#N)nc(SC3CCCCC3)n2)c(/N=N/c2snc(-c3ccc(C)c(S(=O)(=O)O)c3)c2C#N)cc1OC. The van der Waals surface area contributed by atoms with E-state index in [1.165, 1.54) is 24.3 Å². The quantitative estimate of drug-likeness (QED) is 0.0362. The molecule has 4 N–H and O–H groups in total. The Morgan fingerprint density at radius 3 is 1.43 bits per heavy atom. The molecular weight excluding hydrogens is 1140 g/mol. The number of benzene rings is 4. The molecule has 4 aromatic carbocycles. The van der Waals surface area contributed by atoms with Crippen LogP contribution in [-0.2, 0) is 20.2 Å². The van der Waals surface area contributed by atoms with Crippen LogP contribution in [0.4, 0.5) is 56.0 Å². The minimum absolute atomic E-state index is 0.0377. The predicted molar refractivity (Wildman–Crippen MR) is 314 cm³/mol. The lowest BCUT2D eigenvalue weighted by Crippen LogP contribution is -2.22. The van der Waals surface area contributed by atoms with E-state index >= 15 is 0 Å². The van der Waals surface area contributed by atoms with Gasteiger partial charge < -0.3 is 29.9 Å². The number of aromatic nitrogens is 5. The number of anilines is 6. The van der Waals surface area contributed by atoms with E-state index in [-0.39, 0.29) is 82.0 Å². The van der Waals surface area contributed by atoms with Crippen molar-refractivity contribution in [1.29, 1.82) is 10.5 Å². The van der Waals surface area contributed by atoms with E-state index in [2.05, 4.69) is 61.8 Å². The highest BCUT2D eigenvalue weighted by molar-refractivity contribution is 7.99. The minimum atomic E-state index is -4.57. The Morgan fingerprint density at radius 1 is 0.642 bits per heavy atom. The summed E-state index contributed by atoms with van der Waals surface area (Å²) in [5.74, 6) is 1.23. The largest absolute Gasteiger partial charge is 0.494 e. The highest BCUT2D eigenvalue weighted by Gasteiger charge is 2.25. The van der Waals surface area contributed by atoms with Crippen molar-refractivity contribution < 1.29 is 35.4 Å². The van der Waals surface area contributed by atoms with Crippen LogP contribution in [0.3, 0.4) is 0 Å². The van der Waals surface area contributed by atoms with Gasteiger partial charge in [-0.05, 0) is 113 Å². The van der Waals surface area contributed by atoms with Crippen LogP contribution in [-0.4, -0.2) is 95.3 Å². The molecule has 0 radical (unpaired) electrons. The van der Waals surface area contributed by atoms with E-state index in [1.807, 2.05) is 39.8 Å². The summed E-state index contributed by atoms with van der Waals surface area (Å²) in [6, 6.07) is 20.1. The molecule has 7 aromatic rings. The van der Waals surface area contributed by atoms with Gasteiger partial charge in [0.2, 0.25) is 11.9 Å². The molecule has 0 spiro atoms. The summed E-state index contributed by atoms with van der Waals surface area (Å²) >= 11 is 3.32. The van der Waals surface area contributed by atoms with E-state index in [1.54, 1.807) is 64.1 Å². The van der Waals surface area contributed by atoms with Gasteiger partial charge in [-0.15, -0.1) is 20.5 Å². The average molecular weight is 1190 g/mol. The topological polar surface area (TPSA) is 319 Å². The van der Waals surface area contributed by atoms with Gasteiger partial charge in [0, 0.05) is 54.7 Å². The number of hydrogen-bond acceptors (Lipinski definition) is 24. The molecule has 422 valence electrons. The van der Waals surface area contributed by atoms with E-state index in [4.69, 9.17) is 24.4 Å². The fraction of sp³-hybridized carbons (Fsp3) is 0.340. The molecule has 28 heteroatoms. The molecule has 0 aliphatic heterocycles. The van der Waals surface area contributed by atoms with Crippen molar-refractivity contribution in [3.05, 3.63) is 82.9 Å². The number of nitriles is 2. The van der Waals surface area contributed by atoms with Crippen LogP contribution >= 0.6 is 34.8 Å². The van der Waals surface area contributed by atoms with Crippen LogP contribution in [0.5, 0.6) is 11.5 Å². The zero-order chi connectivity index (χ0) is 58.2. The standard InChI is InChI=1S/C53H57N15O8S5/c1-9-67(10-2)41-24-37(39(26-43(41)75-7)61-63-49-35(28-54)47(65-78-49)32-20-18-30(5)45(22-32)80(69,70)71)56-51-58-52(60-53(59-51)77-34-16-14-13-15-17-34)57-38-25-42(68(11-3)12-4)44(76-8)27-40(38)62-64-50-36(29-55)48(66-79-50)33-21-19-31(6)46(23-33)81(72,73)74/h18-27,34H,9-17H2,1-8H3,(H,69,70,71)(H,72,73,74)(H2,56,57,58,59,60)/b63-61+,64-62+. The van der Waals surface area contributed by atoms with E-state index < -0.39 is 20.2 Å². The van der Waals surface area contributed by atoms with Crippen molar-refractivity contribution >= 4 is 111 Å². The van der Waals surface area contributed by atoms with E-state index in [0.29, 0.717) is 65.3 Å². The highest BCUT2D eigenvalue weighted by Crippen LogP contribution is 2.45. The Balaban J connectivity index is 1.23. The lowest BCUT2D eigenvalue weighted by molar-refractivity contribution is 0.414. The fourth-order valence-corrected chi connectivity index (χ4v) is 13.1. The smallest absolute Gasteiger partial charge is 0.294 e. The van der Waals surface area contributed by atoms with Crippen LogP contribution in [0.1, 0.15) is 82.1 Å².